The number of nitrogens with zero attached hydrogens (tertiary/aromatic N) is 1. The molecule has 1 aromatic carbocycles. The van der Waals surface area contributed by atoms with Crippen molar-refractivity contribution < 1.29 is 6.17 Å². The van der Waals surface area contributed by atoms with Crippen molar-refractivity contribution in [2.75, 3.05) is 0 Å². The van der Waals surface area contributed by atoms with Gasteiger partial charge in [-0.15, -0.1) is 0 Å². The highest BCUT2D eigenvalue weighted by Gasteiger charge is 2.02. The molecular weight excluding hydrogens is 164 g/mol. The number of hydrogen-bond donors (Lipinski definition) is 1. The fourth-order valence-corrected chi connectivity index (χ4v) is 1.26. The Balaban J connectivity index is 2.77. The van der Waals surface area contributed by atoms with Crippen LogP contribution in [0.25, 0.3) is 15.7 Å². The van der Waals surface area contributed by atoms with E-state index in [1.54, 1.807) is 18.2 Å². The molecule has 0 fully saturated rings. The second-order valence-corrected chi connectivity index (χ2v) is 2.65. The molecule has 0 saturated heterocycles. The molecule has 0 spiro atoms. The summed E-state index contributed by atoms with van der Waals surface area (Å²) in [5.74, 6) is 0. The third kappa shape index (κ3) is 1.09. The highest BCUT2D eigenvalue weighted by atomic mass is 16.1. The summed E-state index contributed by atoms with van der Waals surface area (Å²) >= 11 is 0. The van der Waals surface area contributed by atoms with E-state index in [1.807, 2.05) is 0 Å². The normalized spacial score (nSPS) is 10.8. The number of aldehydes is 1. The van der Waals surface area contributed by atoms with Crippen molar-refractivity contribution in [3.8, 4) is 0 Å². The molecule has 2 rings (SSSR count). The van der Waals surface area contributed by atoms with E-state index in [0.29, 0.717) is 16.6 Å². The minimum atomic E-state index is -0.738. The number of carbonyl (C=O) groups excluding carboxylic acids is 1. The van der Waals surface area contributed by atoms with Gasteiger partial charge in [-0.05, 0) is 17.5 Å². The molecule has 1 heterocycles. The molecule has 0 amide bonds. The first kappa shape index (κ1) is 6.44. The van der Waals surface area contributed by atoms with Crippen LogP contribution in [0.2, 0.25) is 0 Å². The second kappa shape index (κ2) is 2.76. The molecular formula is C10H6N2O. The molecule has 1 N–H and O–H groups in total. The lowest BCUT2D eigenvalue weighted by Gasteiger charge is -1.91. The van der Waals surface area contributed by atoms with Crippen LogP contribution in [-0.2, 0) is 0 Å². The molecule has 62 valence electrons. The van der Waals surface area contributed by atoms with E-state index < -0.39 is 6.26 Å². The molecule has 0 aliphatic rings. The molecule has 2 aromatic rings. The van der Waals surface area contributed by atoms with Crippen LogP contribution in [0, 0.1) is 6.57 Å². The Morgan fingerprint density at radius 1 is 1.62 bits per heavy atom. The van der Waals surface area contributed by atoms with Gasteiger partial charge in [0.1, 0.15) is 1.37 Å². The quantitative estimate of drug-likeness (QED) is 0.519. The lowest BCUT2D eigenvalue weighted by molar-refractivity contribution is 0.112. The molecule has 0 bridgehead atoms. The topological polar surface area (TPSA) is 37.2 Å². The van der Waals surface area contributed by atoms with Crippen molar-refractivity contribution in [1.29, 1.82) is 0 Å². The molecule has 0 atom stereocenters. The summed E-state index contributed by atoms with van der Waals surface area (Å²) in [7, 11) is 0. The summed E-state index contributed by atoms with van der Waals surface area (Å²) in [4.78, 5) is 17.0. The fourth-order valence-electron chi connectivity index (χ4n) is 1.26. The predicted octanol–water partition coefficient (Wildman–Crippen LogP) is 2.53. The zero-order valence-corrected chi connectivity index (χ0v) is 6.66. The number of fused-ring (bicyclic) bond motifs is 1. The molecule has 3 heteroatoms. The molecule has 0 radical (unpaired) electrons. The maximum atomic E-state index is 10.9. The zero-order chi connectivity index (χ0) is 10.1. The van der Waals surface area contributed by atoms with Crippen molar-refractivity contribution >= 4 is 22.9 Å². The number of carbonyl (C=O) groups is 1. The summed E-state index contributed by atoms with van der Waals surface area (Å²) in [5, 5.41) is 0.638. The van der Waals surface area contributed by atoms with E-state index in [4.69, 9.17) is 7.94 Å². The highest BCUT2D eigenvalue weighted by Crippen LogP contribution is 2.22. The van der Waals surface area contributed by atoms with Crippen LogP contribution in [0.1, 0.15) is 11.7 Å². The number of aromatic amines is 1. The van der Waals surface area contributed by atoms with Crippen LogP contribution in [-0.4, -0.2) is 11.2 Å². The Bertz CT molecular complexity index is 551. The minimum absolute atomic E-state index is 0.311. The Hall–Kier alpha value is -2.08. The maximum absolute atomic E-state index is 10.9. The SMILES string of the molecule is [2H]C(=O)c1c[nH]c2ccc([N+]#[C-])cc12. The molecule has 0 aliphatic heterocycles. The van der Waals surface area contributed by atoms with Gasteiger partial charge in [-0.25, -0.2) is 4.85 Å². The van der Waals surface area contributed by atoms with Crippen LogP contribution < -0.4 is 0 Å². The van der Waals surface area contributed by atoms with Gasteiger partial charge >= 0.3 is 0 Å². The van der Waals surface area contributed by atoms with Crippen LogP contribution >= 0.6 is 0 Å². The van der Waals surface area contributed by atoms with Crippen molar-refractivity contribution in [3.63, 3.8) is 0 Å². The van der Waals surface area contributed by atoms with Crippen molar-refractivity contribution in [2.24, 2.45) is 0 Å². The predicted molar refractivity (Wildman–Crippen MR) is 49.9 cm³/mol. The van der Waals surface area contributed by atoms with E-state index in [1.165, 1.54) is 6.20 Å². The van der Waals surface area contributed by atoms with Gasteiger partial charge < -0.3 is 4.98 Å². The first-order valence-corrected chi connectivity index (χ1v) is 3.72. The number of aromatic nitrogens is 1. The maximum Gasteiger partial charge on any atom is 0.188 e. The lowest BCUT2D eigenvalue weighted by atomic mass is 10.2. The minimum Gasteiger partial charge on any atom is -0.361 e. The number of rotatable bonds is 1. The van der Waals surface area contributed by atoms with Crippen molar-refractivity contribution in [1.82, 2.24) is 4.98 Å². The van der Waals surface area contributed by atoms with Gasteiger partial charge in [0.15, 0.2) is 11.9 Å². The van der Waals surface area contributed by atoms with Crippen LogP contribution in [0.4, 0.5) is 5.69 Å². The first-order valence-electron chi connectivity index (χ1n) is 4.22. The summed E-state index contributed by atoms with van der Waals surface area (Å²) < 4.78 is 7.01. The summed E-state index contributed by atoms with van der Waals surface area (Å²) in [6.07, 6.45) is 0.756. The highest BCUT2D eigenvalue weighted by molar-refractivity contribution is 5.98. The number of hydrogen-bond acceptors (Lipinski definition) is 1. The first-order chi connectivity index (χ1) is 6.72. The largest absolute Gasteiger partial charge is 0.361 e. The smallest absolute Gasteiger partial charge is 0.188 e. The molecule has 0 aliphatic carbocycles. The third-order valence-electron chi connectivity index (χ3n) is 1.90. The van der Waals surface area contributed by atoms with Gasteiger partial charge in [0.25, 0.3) is 0 Å². The fraction of sp³-hybridized carbons (Fsp3) is 0. The van der Waals surface area contributed by atoms with E-state index in [0.717, 1.165) is 5.52 Å². The molecule has 0 saturated carbocycles. The average Bonchev–Trinajstić information content (AvgIpc) is 2.59. The summed E-state index contributed by atoms with van der Waals surface area (Å²) in [5.41, 5.74) is 1.55. The molecule has 0 unspecified atom stereocenters. The van der Waals surface area contributed by atoms with E-state index in [2.05, 4.69) is 9.83 Å². The van der Waals surface area contributed by atoms with Crippen LogP contribution in [0.3, 0.4) is 0 Å². The Morgan fingerprint density at radius 3 is 3.15 bits per heavy atom. The van der Waals surface area contributed by atoms with Gasteiger partial charge in [0.2, 0.25) is 0 Å². The van der Waals surface area contributed by atoms with Gasteiger partial charge in [0, 0.05) is 17.3 Å². The number of nitrogens with one attached hydrogen (secondary N) is 1. The van der Waals surface area contributed by atoms with Crippen LogP contribution in [0.5, 0.6) is 0 Å². The third-order valence-corrected chi connectivity index (χ3v) is 1.90. The van der Waals surface area contributed by atoms with Crippen molar-refractivity contribution in [3.05, 3.63) is 41.4 Å². The Morgan fingerprint density at radius 2 is 2.46 bits per heavy atom. The van der Waals surface area contributed by atoms with Gasteiger partial charge in [0.05, 0.1) is 6.57 Å². The van der Waals surface area contributed by atoms with Gasteiger partial charge in [-0.3, -0.25) is 4.79 Å². The second-order valence-electron chi connectivity index (χ2n) is 2.65. The molecule has 3 nitrogen and oxygen atoms in total. The summed E-state index contributed by atoms with van der Waals surface area (Å²) in [6, 6.07) is 5.01. The lowest BCUT2D eigenvalue weighted by Crippen LogP contribution is -1.73. The molecule has 13 heavy (non-hydrogen) atoms. The Kier molecular flexibility index (Phi) is 1.37. The van der Waals surface area contributed by atoms with Gasteiger partial charge in [-0.1, -0.05) is 6.07 Å². The van der Waals surface area contributed by atoms with Crippen LogP contribution in [0.15, 0.2) is 24.4 Å². The monoisotopic (exact) mass is 171 g/mol. The average molecular weight is 171 g/mol. The zero-order valence-electron chi connectivity index (χ0n) is 7.66. The standard InChI is InChI=1S/C10H6N2O/c1-11-8-2-3-10-9(4-8)7(6-13)5-12-10/h2-6,12H/i6D. The van der Waals surface area contributed by atoms with Gasteiger partial charge in [-0.2, -0.15) is 0 Å². The summed E-state index contributed by atoms with van der Waals surface area (Å²) in [6.45, 7) is 6.83. The van der Waals surface area contributed by atoms with E-state index >= 15 is 0 Å². The number of benzene rings is 1. The number of H-pyrrole nitrogens is 1. The van der Waals surface area contributed by atoms with E-state index in [-0.39, 0.29) is 0 Å². The Labute approximate surface area is 76.2 Å². The van der Waals surface area contributed by atoms with E-state index in [9.17, 15) is 4.79 Å². The molecule has 1 aromatic heterocycles. The van der Waals surface area contributed by atoms with Crippen molar-refractivity contribution in [2.45, 2.75) is 0 Å².